The quantitative estimate of drug-likeness (QED) is 0.633. The van der Waals surface area contributed by atoms with E-state index in [2.05, 4.69) is 0 Å². The minimum atomic E-state index is 0.0891. The Morgan fingerprint density at radius 2 is 1.91 bits per heavy atom. The summed E-state index contributed by atoms with van der Waals surface area (Å²) < 4.78 is 1.90. The molecule has 0 atom stereocenters. The maximum absolute atomic E-state index is 11.1. The summed E-state index contributed by atoms with van der Waals surface area (Å²) in [6.45, 7) is 0. The highest BCUT2D eigenvalue weighted by Crippen LogP contribution is 2.28. The van der Waals surface area contributed by atoms with Crippen molar-refractivity contribution in [2.24, 2.45) is 0 Å². The molecule has 0 N–H and O–H groups in total. The van der Waals surface area contributed by atoms with E-state index in [-0.39, 0.29) is 5.75 Å². The van der Waals surface area contributed by atoms with Crippen molar-refractivity contribution in [1.82, 2.24) is 4.31 Å². The Morgan fingerprint density at radius 3 is 2.45 bits per heavy atom. The highest BCUT2D eigenvalue weighted by Gasteiger charge is 2.02. The molecule has 2 nitrogen and oxygen atoms in total. The van der Waals surface area contributed by atoms with Crippen molar-refractivity contribution in [3.63, 3.8) is 0 Å². The minimum Gasteiger partial charge on any atom is -0.289 e. The van der Waals surface area contributed by atoms with E-state index in [1.807, 2.05) is 30.5 Å². The zero-order valence-corrected chi connectivity index (χ0v) is 7.39. The van der Waals surface area contributed by atoms with E-state index in [0.29, 0.717) is 0 Å². The van der Waals surface area contributed by atoms with Gasteiger partial charge in [0.05, 0.1) is 4.90 Å². The molecule has 1 aromatic rings. The maximum atomic E-state index is 11.1. The molecule has 0 saturated heterocycles. The predicted octanol–water partition coefficient (Wildman–Crippen LogP) is 2.40. The fourth-order valence-corrected chi connectivity index (χ4v) is 1.41. The number of para-hydroxylation sites is 1. The molecule has 0 spiro atoms. The summed E-state index contributed by atoms with van der Waals surface area (Å²) in [7, 11) is 3.83. The Hall–Kier alpha value is -0.670. The van der Waals surface area contributed by atoms with E-state index in [4.69, 9.17) is 0 Å². The highest BCUT2D eigenvalue weighted by molar-refractivity contribution is 7.97. The average Bonchev–Trinajstić information content (AvgIpc) is 1.93. The molecule has 11 heavy (non-hydrogen) atoms. The van der Waals surface area contributed by atoms with Gasteiger partial charge in [0.25, 0.3) is 0 Å². The standard InChI is InChI=1S/C8H10NOS/c1-9(2)11-8-6-4-3-5-7(8)10/h3-6H,1-2H3. The lowest BCUT2D eigenvalue weighted by Gasteiger charge is -2.07. The Morgan fingerprint density at radius 1 is 1.27 bits per heavy atom. The molecule has 0 saturated carbocycles. The first-order chi connectivity index (χ1) is 5.20. The number of hydrogen-bond acceptors (Lipinski definition) is 2. The summed E-state index contributed by atoms with van der Waals surface area (Å²) in [6.07, 6.45) is 0. The van der Waals surface area contributed by atoms with Gasteiger partial charge in [0.2, 0.25) is 0 Å². The molecule has 59 valence electrons. The van der Waals surface area contributed by atoms with Crippen molar-refractivity contribution < 1.29 is 5.11 Å². The second-order valence-electron chi connectivity index (χ2n) is 2.35. The molecule has 0 amide bonds. The van der Waals surface area contributed by atoms with E-state index in [1.54, 1.807) is 12.1 Å². The molecule has 0 bridgehead atoms. The second-order valence-corrected chi connectivity index (χ2v) is 3.70. The third-order valence-corrected chi connectivity index (χ3v) is 2.03. The molecule has 1 radical (unpaired) electrons. The van der Waals surface area contributed by atoms with Crippen molar-refractivity contribution in [2.45, 2.75) is 4.90 Å². The van der Waals surface area contributed by atoms with E-state index in [0.717, 1.165) is 4.90 Å². The molecule has 0 fully saturated rings. The van der Waals surface area contributed by atoms with Crippen LogP contribution in [-0.2, 0) is 5.11 Å². The van der Waals surface area contributed by atoms with Crippen molar-refractivity contribution in [3.8, 4) is 5.75 Å². The number of rotatable bonds is 2. The van der Waals surface area contributed by atoms with Gasteiger partial charge >= 0.3 is 0 Å². The van der Waals surface area contributed by atoms with Crippen LogP contribution in [0.3, 0.4) is 0 Å². The van der Waals surface area contributed by atoms with E-state index < -0.39 is 0 Å². The third-order valence-electron chi connectivity index (χ3n) is 1.13. The number of nitrogens with zero attached hydrogens (tertiary/aromatic N) is 1. The van der Waals surface area contributed by atoms with Crippen LogP contribution >= 0.6 is 11.9 Å². The molecular weight excluding hydrogens is 158 g/mol. The van der Waals surface area contributed by atoms with Gasteiger partial charge in [-0.2, -0.15) is 0 Å². The minimum absolute atomic E-state index is 0.0891. The van der Waals surface area contributed by atoms with Gasteiger partial charge in [-0.15, -0.1) is 0 Å². The molecule has 3 heteroatoms. The van der Waals surface area contributed by atoms with Crippen LogP contribution < -0.4 is 0 Å². The summed E-state index contributed by atoms with van der Waals surface area (Å²) >= 11 is 1.45. The number of benzene rings is 1. The largest absolute Gasteiger partial charge is 0.289 e. The highest BCUT2D eigenvalue weighted by atomic mass is 32.2. The molecule has 0 heterocycles. The Kier molecular flexibility index (Phi) is 2.79. The summed E-state index contributed by atoms with van der Waals surface area (Å²) in [6, 6.07) is 7.02. The molecule has 0 aliphatic rings. The molecule has 0 aliphatic heterocycles. The van der Waals surface area contributed by atoms with Crippen LogP contribution in [0, 0.1) is 0 Å². The van der Waals surface area contributed by atoms with Crippen molar-refractivity contribution in [1.29, 1.82) is 0 Å². The zero-order valence-electron chi connectivity index (χ0n) is 6.57. The van der Waals surface area contributed by atoms with E-state index >= 15 is 0 Å². The smallest absolute Gasteiger partial charge is 0.193 e. The third kappa shape index (κ3) is 2.44. The lowest BCUT2D eigenvalue weighted by Crippen LogP contribution is -1.98. The van der Waals surface area contributed by atoms with Gasteiger partial charge in [-0.25, -0.2) is 0 Å². The summed E-state index contributed by atoms with van der Waals surface area (Å²) in [5.74, 6) is 0.0891. The Bertz CT molecular complexity index is 237. The average molecular weight is 168 g/mol. The first-order valence-corrected chi connectivity index (χ1v) is 4.09. The molecular formula is C8H10NOS. The van der Waals surface area contributed by atoms with Gasteiger partial charge in [-0.05, 0) is 38.2 Å². The molecule has 0 aliphatic carbocycles. The fraction of sp³-hybridized carbons (Fsp3) is 0.250. The van der Waals surface area contributed by atoms with Gasteiger partial charge in [0, 0.05) is 0 Å². The van der Waals surface area contributed by atoms with Crippen LogP contribution in [-0.4, -0.2) is 18.4 Å². The molecule has 1 aromatic carbocycles. The predicted molar refractivity (Wildman–Crippen MR) is 46.1 cm³/mol. The Labute approximate surface area is 71.0 Å². The van der Waals surface area contributed by atoms with Crippen LogP contribution in [0.2, 0.25) is 0 Å². The zero-order chi connectivity index (χ0) is 8.27. The Balaban J connectivity index is 2.78. The van der Waals surface area contributed by atoms with E-state index in [1.165, 1.54) is 11.9 Å². The van der Waals surface area contributed by atoms with Gasteiger partial charge < -0.3 is 0 Å². The SMILES string of the molecule is CN(C)Sc1ccccc1[O]. The normalized spacial score (nSPS) is 10.5. The summed E-state index contributed by atoms with van der Waals surface area (Å²) in [5, 5.41) is 11.1. The van der Waals surface area contributed by atoms with Crippen molar-refractivity contribution in [3.05, 3.63) is 24.3 Å². The maximum Gasteiger partial charge on any atom is 0.193 e. The topological polar surface area (TPSA) is 23.1 Å². The first kappa shape index (κ1) is 8.43. The van der Waals surface area contributed by atoms with Gasteiger partial charge in [0.15, 0.2) is 5.75 Å². The van der Waals surface area contributed by atoms with Gasteiger partial charge in [-0.3, -0.25) is 9.41 Å². The van der Waals surface area contributed by atoms with Crippen molar-refractivity contribution >= 4 is 11.9 Å². The summed E-state index contributed by atoms with van der Waals surface area (Å²) in [5.41, 5.74) is 0. The number of hydrogen-bond donors (Lipinski definition) is 0. The lowest BCUT2D eigenvalue weighted by molar-refractivity contribution is 0.344. The van der Waals surface area contributed by atoms with Crippen LogP contribution in [0.5, 0.6) is 5.75 Å². The van der Waals surface area contributed by atoms with Crippen molar-refractivity contribution in [2.75, 3.05) is 14.1 Å². The monoisotopic (exact) mass is 168 g/mol. The second kappa shape index (κ2) is 3.64. The first-order valence-electron chi connectivity index (χ1n) is 3.31. The van der Waals surface area contributed by atoms with Crippen LogP contribution in [0.25, 0.3) is 0 Å². The van der Waals surface area contributed by atoms with Gasteiger partial charge in [-0.1, -0.05) is 12.1 Å². The summed E-state index contributed by atoms with van der Waals surface area (Å²) in [4.78, 5) is 0.775. The molecule has 0 aromatic heterocycles. The van der Waals surface area contributed by atoms with E-state index in [9.17, 15) is 5.11 Å². The van der Waals surface area contributed by atoms with Crippen LogP contribution in [0.1, 0.15) is 0 Å². The van der Waals surface area contributed by atoms with Gasteiger partial charge in [0.1, 0.15) is 0 Å². The molecule has 1 rings (SSSR count). The van der Waals surface area contributed by atoms with Crippen LogP contribution in [0.15, 0.2) is 29.2 Å². The fourth-order valence-electron chi connectivity index (χ4n) is 0.722. The lowest BCUT2D eigenvalue weighted by atomic mass is 10.3. The van der Waals surface area contributed by atoms with Crippen LogP contribution in [0.4, 0.5) is 0 Å². The molecule has 0 unspecified atom stereocenters.